The van der Waals surface area contributed by atoms with Crippen LogP contribution < -0.4 is 10.6 Å². The Hall–Kier alpha value is -3.35. The second kappa shape index (κ2) is 11.4. The molecule has 0 spiro atoms. The smallest absolute Gasteiger partial charge is 0.407 e. The van der Waals surface area contributed by atoms with Gasteiger partial charge in [-0.05, 0) is 40.5 Å². The summed E-state index contributed by atoms with van der Waals surface area (Å²) in [6.07, 6.45) is 4.28. The molecule has 0 radical (unpaired) electrons. The van der Waals surface area contributed by atoms with E-state index in [0.717, 1.165) is 36.8 Å². The minimum atomic E-state index is -1.03. The summed E-state index contributed by atoms with van der Waals surface area (Å²) in [5.41, 5.74) is 4.67. The lowest BCUT2D eigenvalue weighted by atomic mass is 9.87. The van der Waals surface area contributed by atoms with E-state index in [1.54, 1.807) is 6.92 Å². The maximum absolute atomic E-state index is 12.6. The molecule has 0 aromatic heterocycles. The highest BCUT2D eigenvalue weighted by atomic mass is 16.5. The zero-order valence-electron chi connectivity index (χ0n) is 20.2. The van der Waals surface area contributed by atoms with E-state index in [9.17, 15) is 19.5 Å². The van der Waals surface area contributed by atoms with Crippen molar-refractivity contribution < 1.29 is 24.2 Å². The molecule has 2 aromatic rings. The van der Waals surface area contributed by atoms with Crippen molar-refractivity contribution in [2.45, 2.75) is 57.4 Å². The fourth-order valence-electron chi connectivity index (χ4n) is 5.53. The first kappa shape index (κ1) is 24.8. The van der Waals surface area contributed by atoms with Crippen molar-refractivity contribution in [2.75, 3.05) is 13.2 Å². The Labute approximate surface area is 206 Å². The van der Waals surface area contributed by atoms with E-state index in [4.69, 9.17) is 4.74 Å². The van der Waals surface area contributed by atoms with Gasteiger partial charge in [-0.15, -0.1) is 0 Å². The Balaban J connectivity index is 1.33. The Morgan fingerprint density at radius 2 is 1.60 bits per heavy atom. The average molecular weight is 479 g/mol. The minimum absolute atomic E-state index is 0.00782. The second-order valence-electron chi connectivity index (χ2n) is 9.58. The monoisotopic (exact) mass is 478 g/mol. The fraction of sp³-hybridized carbons (Fsp3) is 0.464. The van der Waals surface area contributed by atoms with Crippen LogP contribution in [0, 0.1) is 11.8 Å². The van der Waals surface area contributed by atoms with Gasteiger partial charge in [-0.2, -0.15) is 0 Å². The normalized spacial score (nSPS) is 16.7. The summed E-state index contributed by atoms with van der Waals surface area (Å²) in [6.45, 7) is 2.30. The van der Waals surface area contributed by atoms with E-state index >= 15 is 0 Å². The van der Waals surface area contributed by atoms with Gasteiger partial charge in [0.1, 0.15) is 12.6 Å². The van der Waals surface area contributed by atoms with Crippen molar-refractivity contribution in [3.8, 4) is 11.1 Å². The van der Waals surface area contributed by atoms with Crippen molar-refractivity contribution in [1.82, 2.24) is 10.6 Å². The zero-order valence-corrected chi connectivity index (χ0v) is 20.2. The molecule has 0 aliphatic heterocycles. The highest BCUT2D eigenvalue weighted by molar-refractivity contribution is 5.83. The van der Waals surface area contributed by atoms with E-state index < -0.39 is 18.1 Å². The Morgan fingerprint density at radius 1 is 1.00 bits per heavy atom. The molecule has 2 aliphatic rings. The molecule has 3 N–H and O–H groups in total. The third-order valence-corrected chi connectivity index (χ3v) is 7.41. The molecule has 186 valence electrons. The molecule has 2 amide bonds. The molecule has 1 unspecified atom stereocenters. The van der Waals surface area contributed by atoms with Crippen molar-refractivity contribution in [3.05, 3.63) is 59.7 Å². The highest BCUT2D eigenvalue weighted by Gasteiger charge is 2.31. The summed E-state index contributed by atoms with van der Waals surface area (Å²) in [5, 5.41) is 14.7. The molecule has 0 bridgehead atoms. The van der Waals surface area contributed by atoms with Crippen LogP contribution in [0.25, 0.3) is 11.1 Å². The van der Waals surface area contributed by atoms with E-state index in [2.05, 4.69) is 34.9 Å². The molecule has 35 heavy (non-hydrogen) atoms. The number of fused-ring (bicyclic) bond motifs is 3. The summed E-state index contributed by atoms with van der Waals surface area (Å²) < 4.78 is 5.64. The van der Waals surface area contributed by atoms with E-state index in [0.29, 0.717) is 18.9 Å². The molecular formula is C28H34N2O5. The number of benzene rings is 2. The maximum Gasteiger partial charge on any atom is 0.407 e. The molecule has 0 saturated heterocycles. The number of hydrogen-bond donors (Lipinski definition) is 3. The highest BCUT2D eigenvalue weighted by Crippen LogP contribution is 2.44. The minimum Gasteiger partial charge on any atom is -0.480 e. The van der Waals surface area contributed by atoms with Crippen molar-refractivity contribution in [2.24, 2.45) is 11.8 Å². The summed E-state index contributed by atoms with van der Waals surface area (Å²) in [4.78, 5) is 36.4. The van der Waals surface area contributed by atoms with E-state index in [1.165, 1.54) is 11.1 Å². The van der Waals surface area contributed by atoms with Crippen LogP contribution in [0.5, 0.6) is 0 Å². The van der Waals surface area contributed by atoms with Gasteiger partial charge in [-0.25, -0.2) is 9.59 Å². The lowest BCUT2D eigenvalue weighted by Crippen LogP contribution is -2.42. The van der Waals surface area contributed by atoms with Crippen LogP contribution in [0.4, 0.5) is 4.79 Å². The number of rotatable bonds is 10. The number of carbonyl (C=O) groups excluding carboxylic acids is 2. The molecule has 4 rings (SSSR count). The molecule has 1 saturated carbocycles. The third kappa shape index (κ3) is 5.84. The van der Waals surface area contributed by atoms with Crippen LogP contribution in [0.15, 0.2) is 48.5 Å². The summed E-state index contributed by atoms with van der Waals surface area (Å²) >= 11 is 0. The number of ether oxygens (including phenoxy) is 1. The van der Waals surface area contributed by atoms with Crippen molar-refractivity contribution >= 4 is 18.0 Å². The fourth-order valence-corrected chi connectivity index (χ4v) is 5.53. The molecule has 2 aliphatic carbocycles. The first-order chi connectivity index (χ1) is 17.0. The van der Waals surface area contributed by atoms with Crippen LogP contribution in [0.3, 0.4) is 0 Å². The predicted octanol–water partition coefficient (Wildman–Crippen LogP) is 4.70. The average Bonchev–Trinajstić information content (AvgIpc) is 3.50. The van der Waals surface area contributed by atoms with Crippen molar-refractivity contribution in [3.63, 3.8) is 0 Å². The molecular weight excluding hydrogens is 444 g/mol. The van der Waals surface area contributed by atoms with Crippen LogP contribution >= 0.6 is 0 Å². The van der Waals surface area contributed by atoms with Gasteiger partial charge < -0.3 is 20.5 Å². The van der Waals surface area contributed by atoms with Crippen LogP contribution in [-0.4, -0.2) is 42.3 Å². The lowest BCUT2D eigenvalue weighted by molar-refractivity contribution is -0.142. The van der Waals surface area contributed by atoms with Gasteiger partial charge in [-0.1, -0.05) is 81.1 Å². The Kier molecular flexibility index (Phi) is 8.06. The number of carboxylic acid groups (broad SMARTS) is 1. The molecule has 2 aromatic carbocycles. The summed E-state index contributed by atoms with van der Waals surface area (Å²) in [5.74, 6) is -1.05. The molecule has 1 fully saturated rings. The predicted molar refractivity (Wildman–Crippen MR) is 133 cm³/mol. The van der Waals surface area contributed by atoms with Gasteiger partial charge in [0.05, 0.1) is 0 Å². The largest absolute Gasteiger partial charge is 0.480 e. The maximum atomic E-state index is 12.6. The molecule has 7 nitrogen and oxygen atoms in total. The Morgan fingerprint density at radius 3 is 2.17 bits per heavy atom. The van der Waals surface area contributed by atoms with Gasteiger partial charge in [0, 0.05) is 18.9 Å². The van der Waals surface area contributed by atoms with Gasteiger partial charge >= 0.3 is 12.1 Å². The van der Waals surface area contributed by atoms with Gasteiger partial charge in [0.2, 0.25) is 5.91 Å². The first-order valence-electron chi connectivity index (χ1n) is 12.6. The van der Waals surface area contributed by atoms with Gasteiger partial charge in [0.25, 0.3) is 0 Å². The third-order valence-electron chi connectivity index (χ3n) is 7.41. The van der Waals surface area contributed by atoms with Crippen LogP contribution in [0.2, 0.25) is 0 Å². The van der Waals surface area contributed by atoms with Crippen molar-refractivity contribution in [1.29, 1.82) is 0 Å². The van der Waals surface area contributed by atoms with Crippen LogP contribution in [0.1, 0.15) is 62.5 Å². The van der Waals surface area contributed by atoms with Crippen LogP contribution in [-0.2, 0) is 14.3 Å². The molecule has 2 atom stereocenters. The number of carboxylic acids is 1. The summed E-state index contributed by atoms with van der Waals surface area (Å²) in [6, 6.07) is 15.5. The molecule has 0 heterocycles. The molecule has 7 heteroatoms. The first-order valence-corrected chi connectivity index (χ1v) is 12.6. The number of amides is 2. The number of alkyl carbamates (subject to hydrolysis) is 1. The Bertz CT molecular complexity index is 1020. The zero-order chi connectivity index (χ0) is 24.8. The number of nitrogens with one attached hydrogen (secondary N) is 2. The second-order valence-corrected chi connectivity index (χ2v) is 9.58. The van der Waals surface area contributed by atoms with E-state index in [-0.39, 0.29) is 30.8 Å². The lowest BCUT2D eigenvalue weighted by Gasteiger charge is -2.24. The van der Waals surface area contributed by atoms with Gasteiger partial charge in [0.15, 0.2) is 0 Å². The standard InChI is InChI=1S/C28H34N2O5/c1-2-25(27(32)33)30-26(31)15-19(18-9-3-4-10-18)16-29-28(34)35-17-24-22-13-7-5-11-20(22)21-12-6-8-14-23(21)24/h5-8,11-14,18-19,24-25H,2-4,9-10,15-17H2,1H3,(H,29,34)(H,30,31)(H,32,33)/t19?,25-/m1/s1. The number of aliphatic carboxylic acids is 1. The van der Waals surface area contributed by atoms with Gasteiger partial charge in [-0.3, -0.25) is 4.79 Å². The number of hydrogen-bond acceptors (Lipinski definition) is 4. The SMILES string of the molecule is CC[C@@H](NC(=O)CC(CNC(=O)OCC1c2ccccc2-c2ccccc21)C1CCCC1)C(=O)O. The summed E-state index contributed by atoms with van der Waals surface area (Å²) in [7, 11) is 0. The van der Waals surface area contributed by atoms with E-state index in [1.807, 2.05) is 24.3 Å². The quantitative estimate of drug-likeness (QED) is 0.459. The number of carbonyl (C=O) groups is 3. The topological polar surface area (TPSA) is 105 Å².